The van der Waals surface area contributed by atoms with Gasteiger partial charge < -0.3 is 4.57 Å². The Hall–Kier alpha value is -7.56. The van der Waals surface area contributed by atoms with Crippen LogP contribution >= 0.6 is 0 Å². The molecule has 8 aromatic carbocycles. The van der Waals surface area contributed by atoms with Gasteiger partial charge in [0.15, 0.2) is 0 Å². The van der Waals surface area contributed by atoms with Gasteiger partial charge in [-0.1, -0.05) is 121 Å². The monoisotopic (exact) mass is 714 g/mol. The SMILES string of the molecule is C(=Cc1ccc(N(c2ccccn2)c2ccccn2)c2ccccc12)c1ccc2cc(-c3cc4ccc5cccc6c5c4c(c3)n6-c3ccccc3)ccc2c1. The van der Waals surface area contributed by atoms with E-state index in [0.717, 1.165) is 39.2 Å². The van der Waals surface area contributed by atoms with Crippen LogP contribution in [0.4, 0.5) is 17.3 Å². The molecule has 11 aromatic rings. The zero-order valence-corrected chi connectivity index (χ0v) is 30.4. The third-order valence-corrected chi connectivity index (χ3v) is 11.0. The number of benzene rings is 8. The van der Waals surface area contributed by atoms with Crippen LogP contribution in [0.25, 0.3) is 83.1 Å². The minimum absolute atomic E-state index is 0.819. The molecule has 4 nitrogen and oxygen atoms in total. The first-order valence-electron chi connectivity index (χ1n) is 19.0. The lowest BCUT2D eigenvalue weighted by atomic mass is 9.95. The van der Waals surface area contributed by atoms with Crippen LogP contribution in [0, 0.1) is 0 Å². The summed E-state index contributed by atoms with van der Waals surface area (Å²) < 4.78 is 2.42. The smallest absolute Gasteiger partial charge is 0.138 e. The number of hydrogen-bond acceptors (Lipinski definition) is 3. The third-order valence-electron chi connectivity index (χ3n) is 11.0. The van der Waals surface area contributed by atoms with Crippen molar-refractivity contribution >= 4 is 83.6 Å². The molecule has 0 saturated heterocycles. The Morgan fingerprint density at radius 3 is 1.91 bits per heavy atom. The first-order valence-corrected chi connectivity index (χ1v) is 19.0. The van der Waals surface area contributed by atoms with E-state index < -0.39 is 0 Å². The first kappa shape index (κ1) is 31.9. The summed E-state index contributed by atoms with van der Waals surface area (Å²) >= 11 is 0. The molecule has 0 saturated carbocycles. The summed E-state index contributed by atoms with van der Waals surface area (Å²) in [5.41, 5.74) is 9.40. The second kappa shape index (κ2) is 13.1. The van der Waals surface area contributed by atoms with E-state index in [1.54, 1.807) is 0 Å². The lowest BCUT2D eigenvalue weighted by molar-refractivity contribution is 1.13. The van der Waals surface area contributed by atoms with Gasteiger partial charge in [0.25, 0.3) is 0 Å². The highest BCUT2D eigenvalue weighted by atomic mass is 15.2. The van der Waals surface area contributed by atoms with Crippen molar-refractivity contribution in [2.75, 3.05) is 4.90 Å². The molecule has 11 rings (SSSR count). The fourth-order valence-electron chi connectivity index (χ4n) is 8.43. The van der Waals surface area contributed by atoms with Crippen LogP contribution in [0.2, 0.25) is 0 Å². The second-order valence-electron chi connectivity index (χ2n) is 14.3. The molecular formula is C52H34N4. The predicted octanol–water partition coefficient (Wildman–Crippen LogP) is 13.8. The van der Waals surface area contributed by atoms with Gasteiger partial charge in [0.2, 0.25) is 0 Å². The molecule has 0 aliphatic heterocycles. The van der Waals surface area contributed by atoms with Crippen LogP contribution < -0.4 is 4.90 Å². The fraction of sp³-hybridized carbons (Fsp3) is 0. The van der Waals surface area contributed by atoms with Gasteiger partial charge in [0.1, 0.15) is 11.6 Å². The van der Waals surface area contributed by atoms with Gasteiger partial charge in [0.05, 0.1) is 16.7 Å². The normalized spacial score (nSPS) is 11.9. The highest BCUT2D eigenvalue weighted by molar-refractivity contribution is 6.25. The van der Waals surface area contributed by atoms with Gasteiger partial charge in [-0.25, -0.2) is 9.97 Å². The van der Waals surface area contributed by atoms with Crippen LogP contribution in [0.5, 0.6) is 0 Å². The number of pyridine rings is 2. The maximum atomic E-state index is 4.70. The van der Waals surface area contributed by atoms with E-state index >= 15 is 0 Å². The van der Waals surface area contributed by atoms with Crippen molar-refractivity contribution in [3.63, 3.8) is 0 Å². The van der Waals surface area contributed by atoms with E-state index in [0.29, 0.717) is 0 Å². The minimum atomic E-state index is 0.819. The molecule has 0 aliphatic rings. The molecule has 0 N–H and O–H groups in total. The van der Waals surface area contributed by atoms with Gasteiger partial charge in [-0.3, -0.25) is 4.90 Å². The zero-order chi connectivity index (χ0) is 37.0. The lowest BCUT2D eigenvalue weighted by Gasteiger charge is -2.25. The van der Waals surface area contributed by atoms with E-state index in [2.05, 4.69) is 167 Å². The summed E-state index contributed by atoms with van der Waals surface area (Å²) in [5, 5.41) is 9.91. The van der Waals surface area contributed by atoms with Gasteiger partial charge in [-0.2, -0.15) is 0 Å². The van der Waals surface area contributed by atoms with Crippen LogP contribution in [-0.4, -0.2) is 14.5 Å². The Kier molecular flexibility index (Phi) is 7.46. The molecule has 262 valence electrons. The van der Waals surface area contributed by atoms with Crippen molar-refractivity contribution < 1.29 is 0 Å². The molecule has 0 radical (unpaired) electrons. The topological polar surface area (TPSA) is 34.0 Å². The summed E-state index contributed by atoms with van der Waals surface area (Å²) in [7, 11) is 0. The molecule has 4 heteroatoms. The lowest BCUT2D eigenvalue weighted by Crippen LogP contribution is -2.13. The van der Waals surface area contributed by atoms with Gasteiger partial charge >= 0.3 is 0 Å². The number of rotatable bonds is 7. The maximum absolute atomic E-state index is 4.70. The Bertz CT molecular complexity index is 3200. The highest BCUT2D eigenvalue weighted by Gasteiger charge is 2.19. The van der Waals surface area contributed by atoms with E-state index in [1.165, 1.54) is 60.2 Å². The Labute approximate surface area is 324 Å². The van der Waals surface area contributed by atoms with Crippen molar-refractivity contribution in [1.29, 1.82) is 0 Å². The Morgan fingerprint density at radius 2 is 1.11 bits per heavy atom. The van der Waals surface area contributed by atoms with Crippen molar-refractivity contribution in [3.05, 3.63) is 206 Å². The average Bonchev–Trinajstić information content (AvgIpc) is 3.61. The summed E-state index contributed by atoms with van der Waals surface area (Å²) in [5.74, 6) is 1.64. The summed E-state index contributed by atoms with van der Waals surface area (Å²) in [6.45, 7) is 0. The van der Waals surface area contributed by atoms with Gasteiger partial charge in [-0.15, -0.1) is 0 Å². The first-order chi connectivity index (χ1) is 27.8. The fourth-order valence-corrected chi connectivity index (χ4v) is 8.43. The minimum Gasteiger partial charge on any atom is -0.309 e. The van der Waals surface area contributed by atoms with Crippen molar-refractivity contribution in [2.45, 2.75) is 0 Å². The maximum Gasteiger partial charge on any atom is 0.138 e. The predicted molar refractivity (Wildman–Crippen MR) is 236 cm³/mol. The molecule has 0 aliphatic carbocycles. The van der Waals surface area contributed by atoms with Crippen LogP contribution in [0.15, 0.2) is 194 Å². The zero-order valence-electron chi connectivity index (χ0n) is 30.4. The molecule has 0 bridgehead atoms. The van der Waals surface area contributed by atoms with Crippen molar-refractivity contribution in [3.8, 4) is 16.8 Å². The standard InChI is InChI=1S/C52H34N4/c1-2-12-43(13-3-1)55-47-16-10-11-37-23-26-41-33-42(34-48(55)52(41)51(37)47)40-25-24-38-31-35(20-22-39(38)32-40)19-21-36-27-28-46(45-15-5-4-14-44(36)45)56(49-17-6-8-29-53-49)50-18-7-9-30-54-50/h1-34H. The number of nitrogens with zero attached hydrogens (tertiary/aromatic N) is 4. The second-order valence-corrected chi connectivity index (χ2v) is 14.3. The Morgan fingerprint density at radius 1 is 0.429 bits per heavy atom. The molecule has 0 atom stereocenters. The third kappa shape index (κ3) is 5.31. The number of fused-ring (bicyclic) bond motifs is 2. The Balaban J connectivity index is 0.952. The van der Waals surface area contributed by atoms with Gasteiger partial charge in [0, 0.05) is 34.2 Å². The van der Waals surface area contributed by atoms with Crippen LogP contribution in [0.3, 0.4) is 0 Å². The average molecular weight is 715 g/mol. The summed E-state index contributed by atoms with van der Waals surface area (Å²) in [4.78, 5) is 11.5. The molecule has 0 unspecified atom stereocenters. The van der Waals surface area contributed by atoms with Crippen molar-refractivity contribution in [1.82, 2.24) is 14.5 Å². The quantitative estimate of drug-likeness (QED) is 0.122. The number of hydrogen-bond donors (Lipinski definition) is 0. The van der Waals surface area contributed by atoms with E-state index in [4.69, 9.17) is 9.97 Å². The molecule has 56 heavy (non-hydrogen) atoms. The van der Waals surface area contributed by atoms with E-state index in [1.807, 2.05) is 48.8 Å². The van der Waals surface area contributed by atoms with Gasteiger partial charge in [-0.05, 0) is 122 Å². The summed E-state index contributed by atoms with van der Waals surface area (Å²) in [6.07, 6.45) is 8.08. The van der Waals surface area contributed by atoms with E-state index in [-0.39, 0.29) is 0 Å². The molecule has 0 amide bonds. The number of aromatic nitrogens is 3. The molecule has 3 heterocycles. The largest absolute Gasteiger partial charge is 0.309 e. The molecule has 0 fully saturated rings. The highest BCUT2D eigenvalue weighted by Crippen LogP contribution is 2.42. The van der Waals surface area contributed by atoms with Crippen molar-refractivity contribution in [2.24, 2.45) is 0 Å². The molecule has 0 spiro atoms. The summed E-state index contributed by atoms with van der Waals surface area (Å²) in [6, 6.07) is 65.0. The number of para-hydroxylation sites is 1. The molecular weight excluding hydrogens is 681 g/mol. The van der Waals surface area contributed by atoms with E-state index in [9.17, 15) is 0 Å². The number of anilines is 3. The van der Waals surface area contributed by atoms with Crippen LogP contribution in [0.1, 0.15) is 11.1 Å². The molecule has 3 aromatic heterocycles. The van der Waals surface area contributed by atoms with Crippen LogP contribution in [-0.2, 0) is 0 Å².